The highest BCUT2D eigenvalue weighted by Gasteiger charge is 2.36. The van der Waals surface area contributed by atoms with E-state index in [2.05, 4.69) is 10.3 Å². The maximum Gasteiger partial charge on any atom is 0.255 e. The van der Waals surface area contributed by atoms with Gasteiger partial charge in [-0.2, -0.15) is 0 Å². The van der Waals surface area contributed by atoms with Gasteiger partial charge in [0, 0.05) is 12.3 Å². The fourth-order valence-corrected chi connectivity index (χ4v) is 3.54. The molecular formula is C20H22N2O5. The zero-order valence-corrected chi connectivity index (χ0v) is 15.1. The second-order valence-corrected chi connectivity index (χ2v) is 6.80. The van der Waals surface area contributed by atoms with Crippen molar-refractivity contribution < 1.29 is 24.1 Å². The van der Waals surface area contributed by atoms with Crippen molar-refractivity contribution in [1.82, 2.24) is 10.3 Å². The van der Waals surface area contributed by atoms with Gasteiger partial charge in [-0.25, -0.2) is 4.98 Å². The molecule has 1 aromatic heterocycles. The van der Waals surface area contributed by atoms with E-state index in [1.165, 1.54) is 0 Å². The number of benzene rings is 1. The molecule has 0 radical (unpaired) electrons. The average molecular weight is 370 g/mol. The van der Waals surface area contributed by atoms with Crippen LogP contribution >= 0.6 is 0 Å². The largest absolute Gasteiger partial charge is 0.486 e. The van der Waals surface area contributed by atoms with Crippen molar-refractivity contribution in [2.24, 2.45) is 5.92 Å². The van der Waals surface area contributed by atoms with E-state index in [4.69, 9.17) is 14.2 Å². The lowest BCUT2D eigenvalue weighted by Crippen LogP contribution is -2.41. The summed E-state index contributed by atoms with van der Waals surface area (Å²) in [5, 5.41) is 12.8. The highest BCUT2D eigenvalue weighted by atomic mass is 16.6. The minimum atomic E-state index is -0.318. The van der Waals surface area contributed by atoms with Crippen molar-refractivity contribution in [1.29, 1.82) is 0 Å². The second-order valence-electron chi connectivity index (χ2n) is 6.80. The summed E-state index contributed by atoms with van der Waals surface area (Å²) in [6.07, 6.45) is 2.67. The van der Waals surface area contributed by atoms with Gasteiger partial charge in [-0.15, -0.1) is 0 Å². The molecule has 2 aliphatic rings. The number of aliphatic hydroxyl groups excluding tert-OH is 1. The van der Waals surface area contributed by atoms with Crippen LogP contribution in [-0.4, -0.2) is 42.4 Å². The van der Waals surface area contributed by atoms with Crippen LogP contribution in [0.3, 0.4) is 0 Å². The molecule has 27 heavy (non-hydrogen) atoms. The van der Waals surface area contributed by atoms with Crippen LogP contribution < -0.4 is 19.5 Å². The highest BCUT2D eigenvalue weighted by Crippen LogP contribution is 2.39. The van der Waals surface area contributed by atoms with E-state index in [-0.39, 0.29) is 24.0 Å². The van der Waals surface area contributed by atoms with Gasteiger partial charge in [-0.05, 0) is 36.5 Å². The second kappa shape index (κ2) is 7.44. The predicted molar refractivity (Wildman–Crippen MR) is 97.2 cm³/mol. The summed E-state index contributed by atoms with van der Waals surface area (Å²) in [5.74, 6) is 1.48. The van der Waals surface area contributed by atoms with Gasteiger partial charge in [-0.3, -0.25) is 4.79 Å². The summed E-state index contributed by atoms with van der Waals surface area (Å²) in [6, 6.07) is 8.70. The van der Waals surface area contributed by atoms with Crippen LogP contribution in [0.25, 0.3) is 0 Å². The van der Waals surface area contributed by atoms with Gasteiger partial charge in [0.2, 0.25) is 5.88 Å². The number of nitrogens with one attached hydrogen (secondary N) is 1. The Kier molecular flexibility index (Phi) is 4.85. The molecule has 4 rings (SSSR count). The van der Waals surface area contributed by atoms with Crippen molar-refractivity contribution in [2.75, 3.05) is 20.3 Å². The molecule has 0 saturated heterocycles. The van der Waals surface area contributed by atoms with E-state index >= 15 is 0 Å². The Bertz CT molecular complexity index is 818. The number of nitrogens with zero attached hydrogens (tertiary/aromatic N) is 1. The third-order valence-corrected chi connectivity index (χ3v) is 5.05. The molecular weight excluding hydrogens is 348 g/mol. The molecule has 0 spiro atoms. The molecule has 0 unspecified atom stereocenters. The Balaban J connectivity index is 1.59. The van der Waals surface area contributed by atoms with Gasteiger partial charge in [0.1, 0.15) is 13.2 Å². The molecule has 1 aromatic carbocycles. The SMILES string of the molecule is COc1ccc([C@H](NC(=O)c2cccc3c2OCCO3)C2CC(O)C2)cn1. The first-order valence-electron chi connectivity index (χ1n) is 9.03. The molecule has 142 valence electrons. The summed E-state index contributed by atoms with van der Waals surface area (Å²) in [5.41, 5.74) is 1.32. The van der Waals surface area contributed by atoms with Crippen LogP contribution in [0.15, 0.2) is 36.5 Å². The van der Waals surface area contributed by atoms with E-state index in [9.17, 15) is 9.90 Å². The Labute approximate surface area is 157 Å². The number of carbonyl (C=O) groups is 1. The van der Waals surface area contributed by atoms with E-state index < -0.39 is 0 Å². The lowest BCUT2D eigenvalue weighted by molar-refractivity contribution is 0.0234. The minimum absolute atomic E-state index is 0.149. The fraction of sp³-hybridized carbons (Fsp3) is 0.400. The standard InChI is InChI=1S/C20H22N2O5/c1-25-17-6-5-12(11-21-17)18(13-9-14(23)10-13)22-20(24)15-3-2-4-16-19(15)27-8-7-26-16/h2-6,11,13-14,18,23H,7-10H2,1H3,(H,22,24)/t13?,14?,18-/m0/s1. The van der Waals surface area contributed by atoms with Gasteiger partial charge in [0.15, 0.2) is 11.5 Å². The smallest absolute Gasteiger partial charge is 0.255 e. The number of aromatic nitrogens is 1. The molecule has 2 N–H and O–H groups in total. The monoisotopic (exact) mass is 370 g/mol. The fourth-order valence-electron chi connectivity index (χ4n) is 3.54. The van der Waals surface area contributed by atoms with Crippen molar-refractivity contribution in [3.63, 3.8) is 0 Å². The molecule has 1 saturated carbocycles. The molecule has 1 atom stereocenters. The Morgan fingerprint density at radius 3 is 2.78 bits per heavy atom. The summed E-state index contributed by atoms with van der Waals surface area (Å²) >= 11 is 0. The lowest BCUT2D eigenvalue weighted by atomic mass is 9.75. The molecule has 2 aromatic rings. The zero-order valence-electron chi connectivity index (χ0n) is 15.1. The first kappa shape index (κ1) is 17.6. The minimum Gasteiger partial charge on any atom is -0.486 e. The van der Waals surface area contributed by atoms with Gasteiger partial charge in [0.25, 0.3) is 5.91 Å². The number of pyridine rings is 1. The molecule has 1 aliphatic carbocycles. The van der Waals surface area contributed by atoms with Gasteiger partial charge < -0.3 is 24.6 Å². The predicted octanol–water partition coefficient (Wildman–Crippen LogP) is 2.10. The van der Waals surface area contributed by atoms with Gasteiger partial charge in [-0.1, -0.05) is 12.1 Å². The quantitative estimate of drug-likeness (QED) is 0.838. The molecule has 2 heterocycles. The van der Waals surface area contributed by atoms with E-state index in [1.54, 1.807) is 37.6 Å². The number of methoxy groups -OCH3 is 1. The van der Waals surface area contributed by atoms with Gasteiger partial charge in [0.05, 0.1) is 24.8 Å². The number of carbonyl (C=O) groups excluding carboxylic acids is 1. The van der Waals surface area contributed by atoms with Crippen molar-refractivity contribution in [3.8, 4) is 17.4 Å². The number of hydrogen-bond donors (Lipinski definition) is 2. The number of para-hydroxylation sites is 1. The van der Waals surface area contributed by atoms with Crippen LogP contribution in [-0.2, 0) is 0 Å². The van der Waals surface area contributed by atoms with Crippen LogP contribution in [0.4, 0.5) is 0 Å². The molecule has 1 aliphatic heterocycles. The van der Waals surface area contributed by atoms with Crippen molar-refractivity contribution in [2.45, 2.75) is 25.0 Å². The molecule has 7 heteroatoms. The topological polar surface area (TPSA) is 89.9 Å². The van der Waals surface area contributed by atoms with Gasteiger partial charge >= 0.3 is 0 Å². The molecule has 1 amide bonds. The number of rotatable bonds is 5. The Hall–Kier alpha value is -2.80. The van der Waals surface area contributed by atoms with Crippen LogP contribution in [0.2, 0.25) is 0 Å². The Morgan fingerprint density at radius 2 is 2.07 bits per heavy atom. The first-order valence-corrected chi connectivity index (χ1v) is 9.03. The lowest BCUT2D eigenvalue weighted by Gasteiger charge is -2.38. The number of aliphatic hydroxyl groups is 1. The van der Waals surface area contributed by atoms with Crippen molar-refractivity contribution >= 4 is 5.91 Å². The first-order chi connectivity index (χ1) is 13.2. The summed E-state index contributed by atoms with van der Waals surface area (Å²) < 4.78 is 16.3. The molecule has 1 fully saturated rings. The van der Waals surface area contributed by atoms with Crippen LogP contribution in [0, 0.1) is 5.92 Å². The number of amides is 1. The van der Waals surface area contributed by atoms with E-state index in [0.717, 1.165) is 5.56 Å². The summed E-state index contributed by atoms with van der Waals surface area (Å²) in [6.45, 7) is 0.885. The highest BCUT2D eigenvalue weighted by molar-refractivity contribution is 5.98. The average Bonchev–Trinajstić information content (AvgIpc) is 2.69. The summed E-state index contributed by atoms with van der Waals surface area (Å²) in [7, 11) is 1.56. The maximum absolute atomic E-state index is 13.0. The number of ether oxygens (including phenoxy) is 3. The molecule has 0 bridgehead atoms. The van der Waals surface area contributed by atoms with Crippen molar-refractivity contribution in [3.05, 3.63) is 47.7 Å². The maximum atomic E-state index is 13.0. The van der Waals surface area contributed by atoms with Crippen LogP contribution in [0.5, 0.6) is 17.4 Å². The summed E-state index contributed by atoms with van der Waals surface area (Å²) in [4.78, 5) is 17.2. The third-order valence-electron chi connectivity index (χ3n) is 5.05. The third kappa shape index (κ3) is 3.55. The van der Waals surface area contributed by atoms with Crippen LogP contribution in [0.1, 0.15) is 34.8 Å². The number of fused-ring (bicyclic) bond motifs is 1. The Morgan fingerprint density at radius 1 is 1.26 bits per heavy atom. The number of hydrogen-bond acceptors (Lipinski definition) is 6. The zero-order chi connectivity index (χ0) is 18.8. The van der Waals surface area contributed by atoms with E-state index in [1.807, 2.05) is 6.07 Å². The molecule has 7 nitrogen and oxygen atoms in total. The van der Waals surface area contributed by atoms with E-state index in [0.29, 0.717) is 49.0 Å². The normalized spacial score (nSPS) is 21.7.